The van der Waals surface area contributed by atoms with Crippen LogP contribution in [0.1, 0.15) is 38.2 Å². The summed E-state index contributed by atoms with van der Waals surface area (Å²) < 4.78 is 10.4. The van der Waals surface area contributed by atoms with E-state index in [9.17, 15) is 14.4 Å². The molecule has 1 aromatic carbocycles. The molecular weight excluding hydrogens is 350 g/mol. The third-order valence-electron chi connectivity index (χ3n) is 5.37. The number of ether oxygens (including phenoxy) is 2. The molecule has 4 amide bonds. The summed E-state index contributed by atoms with van der Waals surface area (Å²) in [5, 5.41) is 3.59. The summed E-state index contributed by atoms with van der Waals surface area (Å²) in [6.07, 6.45) is 2.90. The fourth-order valence-corrected chi connectivity index (χ4v) is 3.65. The molecule has 1 saturated carbocycles. The van der Waals surface area contributed by atoms with E-state index in [1.165, 1.54) is 7.11 Å². The minimum atomic E-state index is -0.880. The molecular formula is C19H25N3O5. The largest absolute Gasteiger partial charge is 0.497 e. The van der Waals surface area contributed by atoms with Crippen molar-refractivity contribution in [2.75, 3.05) is 14.2 Å². The normalized spacial score (nSPS) is 24.7. The summed E-state index contributed by atoms with van der Waals surface area (Å²) >= 11 is 0. The van der Waals surface area contributed by atoms with Gasteiger partial charge in [0.1, 0.15) is 17.0 Å². The second-order valence-corrected chi connectivity index (χ2v) is 7.22. The molecule has 0 bridgehead atoms. The molecule has 27 heavy (non-hydrogen) atoms. The monoisotopic (exact) mass is 375 g/mol. The molecule has 2 fully saturated rings. The lowest BCUT2D eigenvalue weighted by atomic mass is 9.77. The van der Waals surface area contributed by atoms with Gasteiger partial charge >= 0.3 is 6.03 Å². The Morgan fingerprint density at radius 3 is 2.59 bits per heavy atom. The number of hydrazine groups is 1. The van der Waals surface area contributed by atoms with Crippen molar-refractivity contribution in [1.29, 1.82) is 0 Å². The van der Waals surface area contributed by atoms with Crippen molar-refractivity contribution in [3.8, 4) is 11.5 Å². The van der Waals surface area contributed by atoms with Crippen LogP contribution >= 0.6 is 0 Å². The van der Waals surface area contributed by atoms with Gasteiger partial charge in [-0.3, -0.25) is 15.0 Å². The highest BCUT2D eigenvalue weighted by atomic mass is 16.5. The molecule has 3 rings (SSSR count). The van der Waals surface area contributed by atoms with Crippen molar-refractivity contribution >= 4 is 17.8 Å². The first kappa shape index (κ1) is 19.0. The average Bonchev–Trinajstić information content (AvgIpc) is 2.89. The van der Waals surface area contributed by atoms with Gasteiger partial charge < -0.3 is 14.8 Å². The Morgan fingerprint density at radius 1 is 1.26 bits per heavy atom. The molecule has 2 N–H and O–H groups in total. The standard InChI is InChI=1S/C19H25N3O5/c1-12-6-8-19(9-7-12)17(24)22(18(25)20-19)21-16(23)10-13-4-5-14(26-2)11-15(13)27-3/h4-5,11-12H,6-10H2,1-3H3,(H,20,25)(H,21,23). The van der Waals surface area contributed by atoms with Gasteiger partial charge in [0, 0.05) is 11.6 Å². The van der Waals surface area contributed by atoms with Gasteiger partial charge in [0.25, 0.3) is 5.91 Å². The predicted octanol–water partition coefficient (Wildman–Crippen LogP) is 1.78. The van der Waals surface area contributed by atoms with Crippen LogP contribution in [-0.2, 0) is 16.0 Å². The van der Waals surface area contributed by atoms with Crippen LogP contribution in [0.5, 0.6) is 11.5 Å². The van der Waals surface area contributed by atoms with Crippen molar-refractivity contribution < 1.29 is 23.9 Å². The lowest BCUT2D eigenvalue weighted by molar-refractivity contribution is -0.139. The van der Waals surface area contributed by atoms with E-state index < -0.39 is 17.5 Å². The molecule has 0 atom stereocenters. The molecule has 1 aromatic rings. The van der Waals surface area contributed by atoms with Gasteiger partial charge in [0.05, 0.1) is 20.6 Å². The van der Waals surface area contributed by atoms with Crippen LogP contribution in [0.4, 0.5) is 4.79 Å². The van der Waals surface area contributed by atoms with E-state index in [1.54, 1.807) is 25.3 Å². The maximum Gasteiger partial charge on any atom is 0.344 e. The highest BCUT2D eigenvalue weighted by Crippen LogP contribution is 2.35. The Balaban J connectivity index is 1.68. The van der Waals surface area contributed by atoms with Crippen molar-refractivity contribution in [3.05, 3.63) is 23.8 Å². The summed E-state index contributed by atoms with van der Waals surface area (Å²) in [4.78, 5) is 37.5. The third kappa shape index (κ3) is 3.70. The number of rotatable bonds is 5. The molecule has 0 aromatic heterocycles. The highest BCUT2D eigenvalue weighted by Gasteiger charge is 2.52. The quantitative estimate of drug-likeness (QED) is 0.765. The fourth-order valence-electron chi connectivity index (χ4n) is 3.65. The number of amides is 4. The molecule has 1 saturated heterocycles. The van der Waals surface area contributed by atoms with E-state index in [1.807, 2.05) is 0 Å². The summed E-state index contributed by atoms with van der Waals surface area (Å²) in [6.45, 7) is 2.13. The summed E-state index contributed by atoms with van der Waals surface area (Å²) in [5.41, 5.74) is 2.18. The van der Waals surface area contributed by atoms with Crippen LogP contribution in [0.3, 0.4) is 0 Å². The first-order valence-electron chi connectivity index (χ1n) is 9.05. The van der Waals surface area contributed by atoms with Gasteiger partial charge in [0.15, 0.2) is 0 Å². The Hall–Kier alpha value is -2.77. The van der Waals surface area contributed by atoms with Crippen molar-refractivity contribution in [2.24, 2.45) is 5.92 Å². The lowest BCUT2D eigenvalue weighted by Crippen LogP contribution is -2.51. The molecule has 8 nitrogen and oxygen atoms in total. The first-order chi connectivity index (χ1) is 12.9. The number of imide groups is 1. The van der Waals surface area contributed by atoms with E-state index >= 15 is 0 Å². The fraction of sp³-hybridized carbons (Fsp3) is 0.526. The molecule has 1 spiro atoms. The Bertz CT molecular complexity index is 756. The van der Waals surface area contributed by atoms with E-state index in [4.69, 9.17) is 9.47 Å². The number of hydrogen-bond acceptors (Lipinski definition) is 5. The first-order valence-corrected chi connectivity index (χ1v) is 9.05. The maximum absolute atomic E-state index is 12.8. The van der Waals surface area contributed by atoms with E-state index in [-0.39, 0.29) is 12.3 Å². The van der Waals surface area contributed by atoms with Crippen molar-refractivity contribution in [2.45, 2.75) is 44.6 Å². The van der Waals surface area contributed by atoms with Crippen molar-refractivity contribution in [1.82, 2.24) is 15.8 Å². The zero-order chi connectivity index (χ0) is 19.6. The SMILES string of the molecule is COc1ccc(CC(=O)NN2C(=O)NC3(CCC(C)CC3)C2=O)c(OC)c1. The number of hydrogen-bond donors (Lipinski definition) is 2. The second kappa shape index (κ2) is 7.46. The van der Waals surface area contributed by atoms with Gasteiger partial charge in [-0.25, -0.2) is 4.79 Å². The van der Waals surface area contributed by atoms with Crippen LogP contribution in [0.2, 0.25) is 0 Å². The minimum absolute atomic E-state index is 0.0335. The van der Waals surface area contributed by atoms with Gasteiger partial charge in [0.2, 0.25) is 5.91 Å². The topological polar surface area (TPSA) is 97.0 Å². The smallest absolute Gasteiger partial charge is 0.344 e. The van der Waals surface area contributed by atoms with E-state index in [0.29, 0.717) is 35.8 Å². The zero-order valence-corrected chi connectivity index (χ0v) is 15.8. The van der Waals surface area contributed by atoms with Gasteiger partial charge in [-0.2, -0.15) is 5.01 Å². The molecule has 1 aliphatic carbocycles. The zero-order valence-electron chi connectivity index (χ0n) is 15.8. The predicted molar refractivity (Wildman–Crippen MR) is 97.1 cm³/mol. The van der Waals surface area contributed by atoms with Crippen LogP contribution in [0.25, 0.3) is 0 Å². The Labute approximate surface area is 158 Å². The molecule has 8 heteroatoms. The summed E-state index contributed by atoms with van der Waals surface area (Å²) in [7, 11) is 3.04. The second-order valence-electron chi connectivity index (χ2n) is 7.22. The van der Waals surface area contributed by atoms with E-state index in [0.717, 1.165) is 17.9 Å². The number of methoxy groups -OCH3 is 2. The van der Waals surface area contributed by atoms with Crippen LogP contribution in [0.15, 0.2) is 18.2 Å². The number of carbonyl (C=O) groups is 3. The summed E-state index contributed by atoms with van der Waals surface area (Å²) in [5.74, 6) is 0.794. The van der Waals surface area contributed by atoms with Gasteiger partial charge in [-0.05, 0) is 37.7 Å². The summed E-state index contributed by atoms with van der Waals surface area (Å²) in [6, 6.07) is 4.53. The Kier molecular flexibility index (Phi) is 5.25. The van der Waals surface area contributed by atoms with Crippen LogP contribution in [0, 0.1) is 5.92 Å². The number of urea groups is 1. The average molecular weight is 375 g/mol. The number of nitrogens with one attached hydrogen (secondary N) is 2. The van der Waals surface area contributed by atoms with Gasteiger partial charge in [-0.15, -0.1) is 0 Å². The van der Waals surface area contributed by atoms with Crippen LogP contribution in [-0.4, -0.2) is 42.6 Å². The number of benzene rings is 1. The third-order valence-corrected chi connectivity index (χ3v) is 5.37. The Morgan fingerprint density at radius 2 is 1.96 bits per heavy atom. The molecule has 2 aliphatic rings. The number of carbonyl (C=O) groups excluding carboxylic acids is 3. The molecule has 1 heterocycles. The van der Waals surface area contributed by atoms with Crippen molar-refractivity contribution in [3.63, 3.8) is 0 Å². The molecule has 146 valence electrons. The van der Waals surface area contributed by atoms with E-state index in [2.05, 4.69) is 17.7 Å². The highest BCUT2D eigenvalue weighted by molar-refractivity contribution is 6.08. The molecule has 0 radical (unpaired) electrons. The maximum atomic E-state index is 12.8. The number of nitrogens with zero attached hydrogens (tertiary/aromatic N) is 1. The van der Waals surface area contributed by atoms with Crippen LogP contribution < -0.4 is 20.2 Å². The lowest BCUT2D eigenvalue weighted by Gasteiger charge is -2.33. The van der Waals surface area contributed by atoms with Gasteiger partial charge in [-0.1, -0.05) is 13.0 Å². The molecule has 1 aliphatic heterocycles. The molecule has 0 unspecified atom stereocenters. The minimum Gasteiger partial charge on any atom is -0.497 e.